The molecule has 6 nitrogen and oxygen atoms in total. The molecule has 0 atom stereocenters. The lowest BCUT2D eigenvalue weighted by molar-refractivity contribution is -0.158. The average molecular weight is 284 g/mol. The fourth-order valence-electron chi connectivity index (χ4n) is 1.67. The van der Waals surface area contributed by atoms with E-state index < -0.39 is 11.4 Å². The summed E-state index contributed by atoms with van der Waals surface area (Å²) in [6.07, 6.45) is 2.06. The average Bonchev–Trinajstić information content (AvgIpc) is 3.12. The number of carbonyl (C=O) groups is 3. The second kappa shape index (κ2) is 6.83. The number of Topliss-reactive ketones (excluding diaryl/α,β-unsaturated/α-hetero) is 1. The van der Waals surface area contributed by atoms with Crippen LogP contribution in [0.4, 0.5) is 0 Å². The molecule has 20 heavy (non-hydrogen) atoms. The summed E-state index contributed by atoms with van der Waals surface area (Å²) in [6.45, 7) is 5.24. The van der Waals surface area contributed by atoms with E-state index in [-0.39, 0.29) is 31.4 Å². The van der Waals surface area contributed by atoms with Crippen molar-refractivity contribution in [1.29, 1.82) is 0 Å². The highest BCUT2D eigenvalue weighted by Gasteiger charge is 2.37. The highest BCUT2D eigenvalue weighted by molar-refractivity contribution is 6.04. The molecule has 114 valence electrons. The molecule has 0 saturated heterocycles. The summed E-state index contributed by atoms with van der Waals surface area (Å²) in [5.41, 5.74) is -1.18. The van der Waals surface area contributed by atoms with Crippen LogP contribution < -0.4 is 5.32 Å². The highest BCUT2D eigenvalue weighted by atomic mass is 16.5. The van der Waals surface area contributed by atoms with Gasteiger partial charge in [-0.25, -0.2) is 0 Å². The number of nitrogens with zero attached hydrogens (tertiary/aromatic N) is 1. The Morgan fingerprint density at radius 1 is 1.25 bits per heavy atom. The molecule has 1 aliphatic carbocycles. The monoisotopic (exact) mass is 284 g/mol. The Labute approximate surface area is 119 Å². The lowest BCUT2D eigenvalue weighted by Gasteiger charge is -2.24. The lowest BCUT2D eigenvalue weighted by atomic mass is 9.88. The van der Waals surface area contributed by atoms with Crippen molar-refractivity contribution in [3.05, 3.63) is 0 Å². The molecule has 0 bridgehead atoms. The summed E-state index contributed by atoms with van der Waals surface area (Å²) in [7, 11) is 1.69. The van der Waals surface area contributed by atoms with Crippen molar-refractivity contribution in [2.45, 2.75) is 39.7 Å². The van der Waals surface area contributed by atoms with Crippen molar-refractivity contribution in [1.82, 2.24) is 10.2 Å². The van der Waals surface area contributed by atoms with E-state index in [0.29, 0.717) is 6.04 Å². The van der Waals surface area contributed by atoms with Gasteiger partial charge in [0.05, 0.1) is 19.7 Å². The number of rotatable bonds is 8. The lowest BCUT2D eigenvalue weighted by Crippen LogP contribution is -2.44. The number of hydrogen-bond donors (Lipinski definition) is 1. The molecular weight excluding hydrogens is 260 g/mol. The van der Waals surface area contributed by atoms with E-state index in [0.717, 1.165) is 12.8 Å². The minimum atomic E-state index is -1.18. The first-order valence-electron chi connectivity index (χ1n) is 6.95. The molecule has 0 radical (unpaired) electrons. The molecular formula is C14H24N2O4. The van der Waals surface area contributed by atoms with Crippen LogP contribution in [0.25, 0.3) is 0 Å². The Balaban J connectivity index is 2.42. The van der Waals surface area contributed by atoms with Crippen molar-refractivity contribution in [2.24, 2.45) is 5.41 Å². The number of nitrogens with one attached hydrogen (secondary N) is 1. The van der Waals surface area contributed by atoms with Crippen molar-refractivity contribution in [2.75, 3.05) is 26.7 Å². The topological polar surface area (TPSA) is 75.7 Å². The van der Waals surface area contributed by atoms with Crippen LogP contribution in [0.5, 0.6) is 0 Å². The van der Waals surface area contributed by atoms with Gasteiger partial charge in [-0.3, -0.25) is 19.3 Å². The number of ether oxygens (including phenoxy) is 1. The summed E-state index contributed by atoms with van der Waals surface area (Å²) in [6, 6.07) is 0.308. The third-order valence-corrected chi connectivity index (χ3v) is 3.25. The molecule has 0 aromatic rings. The van der Waals surface area contributed by atoms with Crippen LogP contribution in [0.1, 0.15) is 33.6 Å². The summed E-state index contributed by atoms with van der Waals surface area (Å²) >= 11 is 0. The Morgan fingerprint density at radius 3 is 2.35 bits per heavy atom. The predicted molar refractivity (Wildman–Crippen MR) is 74.1 cm³/mol. The van der Waals surface area contributed by atoms with Gasteiger partial charge in [0, 0.05) is 6.04 Å². The van der Waals surface area contributed by atoms with E-state index >= 15 is 0 Å². The summed E-state index contributed by atoms with van der Waals surface area (Å²) < 4.78 is 4.89. The zero-order chi connectivity index (χ0) is 15.3. The third kappa shape index (κ3) is 4.92. The van der Waals surface area contributed by atoms with Crippen molar-refractivity contribution < 1.29 is 19.1 Å². The first-order valence-corrected chi connectivity index (χ1v) is 6.95. The first kappa shape index (κ1) is 16.6. The molecule has 1 rings (SSSR count). The minimum Gasteiger partial charge on any atom is -0.465 e. The molecule has 1 saturated carbocycles. The maximum absolute atomic E-state index is 12.1. The summed E-state index contributed by atoms with van der Waals surface area (Å²) in [5.74, 6) is -0.866. The number of ketones is 1. The van der Waals surface area contributed by atoms with E-state index in [1.54, 1.807) is 32.7 Å². The van der Waals surface area contributed by atoms with Gasteiger partial charge in [0.1, 0.15) is 5.41 Å². The smallest absolute Gasteiger partial charge is 0.319 e. The fraction of sp³-hybridized carbons (Fsp3) is 0.786. The van der Waals surface area contributed by atoms with Gasteiger partial charge in [-0.15, -0.1) is 0 Å². The van der Waals surface area contributed by atoms with Gasteiger partial charge >= 0.3 is 5.97 Å². The molecule has 1 aliphatic rings. The van der Waals surface area contributed by atoms with E-state index in [1.165, 1.54) is 0 Å². The Bertz CT molecular complexity index is 389. The van der Waals surface area contributed by atoms with Crippen LogP contribution >= 0.6 is 0 Å². The number of likely N-dealkylation sites (N-methyl/N-ethyl adjacent to an activating group) is 1. The molecule has 0 heterocycles. The van der Waals surface area contributed by atoms with Crippen LogP contribution in [-0.2, 0) is 19.1 Å². The first-order chi connectivity index (χ1) is 9.27. The van der Waals surface area contributed by atoms with Gasteiger partial charge in [0.15, 0.2) is 5.78 Å². The van der Waals surface area contributed by atoms with Gasteiger partial charge in [0.25, 0.3) is 0 Å². The maximum atomic E-state index is 12.1. The quantitative estimate of drug-likeness (QED) is 0.514. The predicted octanol–water partition coefficient (Wildman–Crippen LogP) is 0.355. The van der Waals surface area contributed by atoms with Crippen LogP contribution in [-0.4, -0.2) is 55.3 Å². The number of esters is 1. The number of carbonyl (C=O) groups excluding carboxylic acids is 3. The Kier molecular flexibility index (Phi) is 5.68. The van der Waals surface area contributed by atoms with E-state index in [4.69, 9.17) is 4.74 Å². The molecule has 1 amide bonds. The molecule has 1 fully saturated rings. The van der Waals surface area contributed by atoms with Gasteiger partial charge in [-0.05, 0) is 40.7 Å². The zero-order valence-electron chi connectivity index (χ0n) is 12.7. The number of hydrogen-bond acceptors (Lipinski definition) is 5. The fourth-order valence-corrected chi connectivity index (χ4v) is 1.67. The molecule has 0 unspecified atom stereocenters. The van der Waals surface area contributed by atoms with Crippen LogP contribution in [0.15, 0.2) is 0 Å². The zero-order valence-corrected chi connectivity index (χ0v) is 12.7. The second-order valence-corrected chi connectivity index (χ2v) is 5.78. The normalized spacial score (nSPS) is 15.1. The van der Waals surface area contributed by atoms with E-state index in [1.807, 2.05) is 0 Å². The van der Waals surface area contributed by atoms with Crippen molar-refractivity contribution >= 4 is 17.7 Å². The molecule has 6 heteroatoms. The third-order valence-electron chi connectivity index (χ3n) is 3.25. The van der Waals surface area contributed by atoms with Gasteiger partial charge in [-0.1, -0.05) is 0 Å². The van der Waals surface area contributed by atoms with Crippen molar-refractivity contribution in [3.63, 3.8) is 0 Å². The summed E-state index contributed by atoms with van der Waals surface area (Å²) in [5, 5.41) is 2.86. The molecule has 0 aromatic heterocycles. The Morgan fingerprint density at radius 2 is 1.85 bits per heavy atom. The van der Waals surface area contributed by atoms with E-state index in [2.05, 4.69) is 5.32 Å². The minimum absolute atomic E-state index is 0.0455. The standard InChI is InChI=1S/C14H24N2O4/c1-5-20-13(19)14(2,3)11(17)8-16(4)9-12(18)15-10-6-7-10/h10H,5-9H2,1-4H3,(H,15,18). The molecule has 0 aliphatic heterocycles. The van der Waals surface area contributed by atoms with Crippen LogP contribution in [0.2, 0.25) is 0 Å². The number of amides is 1. The van der Waals surface area contributed by atoms with Gasteiger partial charge in [-0.2, -0.15) is 0 Å². The molecule has 1 N–H and O–H groups in total. The second-order valence-electron chi connectivity index (χ2n) is 5.78. The maximum Gasteiger partial charge on any atom is 0.319 e. The van der Waals surface area contributed by atoms with Gasteiger partial charge in [0.2, 0.25) is 5.91 Å². The molecule has 0 aromatic carbocycles. The van der Waals surface area contributed by atoms with Gasteiger partial charge < -0.3 is 10.1 Å². The van der Waals surface area contributed by atoms with Crippen molar-refractivity contribution in [3.8, 4) is 0 Å². The largest absolute Gasteiger partial charge is 0.465 e. The van der Waals surface area contributed by atoms with E-state index in [9.17, 15) is 14.4 Å². The Hall–Kier alpha value is -1.43. The van der Waals surface area contributed by atoms with Crippen LogP contribution in [0.3, 0.4) is 0 Å². The summed E-state index contributed by atoms with van der Waals surface area (Å²) in [4.78, 5) is 37.1. The van der Waals surface area contributed by atoms with Crippen LogP contribution in [0, 0.1) is 5.41 Å². The molecule has 0 spiro atoms. The highest BCUT2D eigenvalue weighted by Crippen LogP contribution is 2.20. The SMILES string of the molecule is CCOC(=O)C(C)(C)C(=O)CN(C)CC(=O)NC1CC1.